The van der Waals surface area contributed by atoms with Gasteiger partial charge in [0, 0.05) is 13.7 Å². The lowest BCUT2D eigenvalue weighted by Crippen LogP contribution is -2.29. The summed E-state index contributed by atoms with van der Waals surface area (Å²) in [5, 5.41) is 2.63. The molecule has 1 amide bonds. The van der Waals surface area contributed by atoms with Gasteiger partial charge in [0.1, 0.15) is 6.61 Å². The number of rotatable bonds is 9. The molecule has 1 aromatic rings. The quantitative estimate of drug-likeness (QED) is 0.661. The summed E-state index contributed by atoms with van der Waals surface area (Å²) < 4.78 is 25.0. The highest BCUT2D eigenvalue weighted by molar-refractivity contribution is 5.80. The van der Waals surface area contributed by atoms with Crippen LogP contribution in [0.1, 0.15) is 5.56 Å². The van der Waals surface area contributed by atoms with Crippen molar-refractivity contribution in [3.63, 3.8) is 0 Å². The van der Waals surface area contributed by atoms with Gasteiger partial charge in [-0.15, -0.1) is 0 Å². The smallest absolute Gasteiger partial charge is 0.332 e. The summed E-state index contributed by atoms with van der Waals surface area (Å²) in [5.41, 5.74) is 0.746. The fourth-order valence-corrected chi connectivity index (χ4v) is 1.79. The van der Waals surface area contributed by atoms with Gasteiger partial charge in [-0.05, 0) is 17.7 Å². The molecular formula is C15H21NO7. The van der Waals surface area contributed by atoms with Gasteiger partial charge in [-0.25, -0.2) is 4.79 Å². The molecule has 0 aliphatic rings. The van der Waals surface area contributed by atoms with Crippen LogP contribution in [0, 0.1) is 0 Å². The zero-order valence-corrected chi connectivity index (χ0v) is 13.6. The molecule has 0 aliphatic heterocycles. The lowest BCUT2D eigenvalue weighted by atomic mass is 10.1. The number of benzene rings is 1. The minimum Gasteiger partial charge on any atom is -0.493 e. The van der Waals surface area contributed by atoms with Crippen LogP contribution in [-0.2, 0) is 25.6 Å². The van der Waals surface area contributed by atoms with Crippen molar-refractivity contribution in [2.75, 3.05) is 41.7 Å². The molecule has 8 heteroatoms. The molecular weight excluding hydrogens is 306 g/mol. The largest absolute Gasteiger partial charge is 0.493 e. The zero-order chi connectivity index (χ0) is 17.2. The minimum atomic E-state index is -0.601. The molecule has 0 unspecified atom stereocenters. The third-order valence-corrected chi connectivity index (χ3v) is 2.84. The Kier molecular flexibility index (Phi) is 7.69. The fourth-order valence-electron chi connectivity index (χ4n) is 1.79. The van der Waals surface area contributed by atoms with Gasteiger partial charge in [-0.3, -0.25) is 4.79 Å². The summed E-state index contributed by atoms with van der Waals surface area (Å²) in [4.78, 5) is 22.7. The third-order valence-electron chi connectivity index (χ3n) is 2.84. The average Bonchev–Trinajstić information content (AvgIpc) is 2.57. The number of carbonyl (C=O) groups is 2. The highest BCUT2D eigenvalue weighted by Crippen LogP contribution is 2.38. The Bertz CT molecular complexity index is 520. The minimum absolute atomic E-state index is 0.194. The van der Waals surface area contributed by atoms with Crippen molar-refractivity contribution >= 4 is 11.9 Å². The van der Waals surface area contributed by atoms with Crippen LogP contribution in [0.2, 0.25) is 0 Å². The molecule has 0 saturated heterocycles. The molecule has 0 fully saturated rings. The lowest BCUT2D eigenvalue weighted by molar-refractivity contribution is -0.152. The summed E-state index contributed by atoms with van der Waals surface area (Å²) in [6, 6.07) is 3.44. The topological polar surface area (TPSA) is 92.3 Å². The Morgan fingerprint density at radius 1 is 0.957 bits per heavy atom. The van der Waals surface area contributed by atoms with E-state index in [0.717, 1.165) is 5.56 Å². The van der Waals surface area contributed by atoms with Gasteiger partial charge in [0.2, 0.25) is 5.75 Å². The van der Waals surface area contributed by atoms with Crippen LogP contribution < -0.4 is 19.5 Å². The Labute approximate surface area is 134 Å². The van der Waals surface area contributed by atoms with Gasteiger partial charge in [0.25, 0.3) is 5.91 Å². The van der Waals surface area contributed by atoms with Crippen LogP contribution in [0.3, 0.4) is 0 Å². The molecule has 0 spiro atoms. The van der Waals surface area contributed by atoms with E-state index in [0.29, 0.717) is 17.2 Å². The van der Waals surface area contributed by atoms with E-state index in [2.05, 4.69) is 10.1 Å². The predicted molar refractivity (Wildman–Crippen MR) is 80.8 cm³/mol. The van der Waals surface area contributed by atoms with E-state index in [1.807, 2.05) is 0 Å². The Morgan fingerprint density at radius 2 is 1.57 bits per heavy atom. The van der Waals surface area contributed by atoms with Crippen LogP contribution in [0.4, 0.5) is 0 Å². The van der Waals surface area contributed by atoms with E-state index in [9.17, 15) is 9.59 Å². The molecule has 0 radical (unpaired) electrons. The van der Waals surface area contributed by atoms with Gasteiger partial charge in [0.15, 0.2) is 18.1 Å². The molecule has 0 heterocycles. The molecule has 1 N–H and O–H groups in total. The normalized spacial score (nSPS) is 9.91. The van der Waals surface area contributed by atoms with Crippen molar-refractivity contribution in [3.8, 4) is 17.2 Å². The van der Waals surface area contributed by atoms with Gasteiger partial charge in [-0.1, -0.05) is 0 Å². The number of ether oxygens (including phenoxy) is 5. The molecule has 1 rings (SSSR count). The highest BCUT2D eigenvalue weighted by Gasteiger charge is 2.14. The highest BCUT2D eigenvalue weighted by atomic mass is 16.6. The second kappa shape index (κ2) is 9.52. The maximum absolute atomic E-state index is 11.6. The number of hydrogen-bond acceptors (Lipinski definition) is 7. The number of methoxy groups -OCH3 is 4. The van der Waals surface area contributed by atoms with Crippen molar-refractivity contribution in [2.24, 2.45) is 0 Å². The number of carbonyl (C=O) groups excluding carboxylic acids is 2. The Balaban J connectivity index is 2.63. The first-order chi connectivity index (χ1) is 11.0. The van der Waals surface area contributed by atoms with Crippen molar-refractivity contribution in [1.29, 1.82) is 0 Å². The van der Waals surface area contributed by atoms with Gasteiger partial charge < -0.3 is 29.0 Å². The van der Waals surface area contributed by atoms with E-state index in [-0.39, 0.29) is 19.8 Å². The van der Waals surface area contributed by atoms with E-state index in [4.69, 9.17) is 18.9 Å². The summed E-state index contributed by atoms with van der Waals surface area (Å²) in [5.74, 6) is 0.419. The maximum atomic E-state index is 11.6. The maximum Gasteiger partial charge on any atom is 0.332 e. The van der Waals surface area contributed by atoms with Crippen LogP contribution in [0.5, 0.6) is 17.2 Å². The first kappa shape index (κ1) is 18.6. The standard InChI is InChI=1S/C15H21NO7/c1-19-9-14(18)23-8-13(17)16-7-10-5-11(20-2)15(22-4)12(6-10)21-3/h5-6H,7-9H2,1-4H3,(H,16,17). The van der Waals surface area contributed by atoms with Crippen molar-refractivity contribution in [1.82, 2.24) is 5.32 Å². The SMILES string of the molecule is COCC(=O)OCC(=O)NCc1cc(OC)c(OC)c(OC)c1. The molecule has 0 bridgehead atoms. The van der Waals surface area contributed by atoms with E-state index < -0.39 is 11.9 Å². The number of esters is 1. The molecule has 23 heavy (non-hydrogen) atoms. The summed E-state index contributed by atoms with van der Waals surface area (Å²) in [6.07, 6.45) is 0. The average molecular weight is 327 g/mol. The summed E-state index contributed by atoms with van der Waals surface area (Å²) in [7, 11) is 5.89. The van der Waals surface area contributed by atoms with E-state index in [1.165, 1.54) is 28.4 Å². The third kappa shape index (κ3) is 5.67. The van der Waals surface area contributed by atoms with Crippen LogP contribution in [0.25, 0.3) is 0 Å². The molecule has 0 saturated carbocycles. The van der Waals surface area contributed by atoms with E-state index in [1.54, 1.807) is 12.1 Å². The van der Waals surface area contributed by atoms with E-state index >= 15 is 0 Å². The van der Waals surface area contributed by atoms with Crippen molar-refractivity contribution in [3.05, 3.63) is 17.7 Å². The summed E-state index contributed by atoms with van der Waals surface area (Å²) >= 11 is 0. The first-order valence-corrected chi connectivity index (χ1v) is 6.75. The Morgan fingerprint density at radius 3 is 2.04 bits per heavy atom. The molecule has 0 aromatic heterocycles. The number of hydrogen-bond donors (Lipinski definition) is 1. The zero-order valence-electron chi connectivity index (χ0n) is 13.6. The van der Waals surface area contributed by atoms with Gasteiger partial charge in [0.05, 0.1) is 21.3 Å². The molecule has 8 nitrogen and oxygen atoms in total. The fraction of sp³-hybridized carbons (Fsp3) is 0.467. The van der Waals surface area contributed by atoms with Gasteiger partial charge in [-0.2, -0.15) is 0 Å². The molecule has 128 valence electrons. The molecule has 1 aromatic carbocycles. The predicted octanol–water partition coefficient (Wildman–Crippen LogP) is 0.518. The van der Waals surface area contributed by atoms with Crippen LogP contribution in [0.15, 0.2) is 12.1 Å². The lowest BCUT2D eigenvalue weighted by Gasteiger charge is -2.14. The Hall–Kier alpha value is -2.48. The van der Waals surface area contributed by atoms with Crippen LogP contribution in [-0.4, -0.2) is 53.5 Å². The van der Waals surface area contributed by atoms with Crippen LogP contribution >= 0.6 is 0 Å². The van der Waals surface area contributed by atoms with Crippen molar-refractivity contribution < 1.29 is 33.3 Å². The van der Waals surface area contributed by atoms with Gasteiger partial charge >= 0.3 is 5.97 Å². The second-order valence-corrected chi connectivity index (χ2v) is 4.40. The second-order valence-electron chi connectivity index (χ2n) is 4.40. The first-order valence-electron chi connectivity index (χ1n) is 6.75. The monoisotopic (exact) mass is 327 g/mol. The molecule has 0 atom stereocenters. The molecule has 0 aliphatic carbocycles. The number of nitrogens with one attached hydrogen (secondary N) is 1. The summed E-state index contributed by atoms with van der Waals surface area (Å²) in [6.45, 7) is -0.343. The number of amides is 1. The van der Waals surface area contributed by atoms with Crippen molar-refractivity contribution in [2.45, 2.75) is 6.54 Å².